The fourth-order valence-electron chi connectivity index (χ4n) is 2.70. The van der Waals surface area contributed by atoms with Gasteiger partial charge in [-0.1, -0.05) is 17.7 Å². The largest absolute Gasteiger partial charge is 0.383 e. The second-order valence-corrected chi connectivity index (χ2v) is 5.81. The summed E-state index contributed by atoms with van der Waals surface area (Å²) in [7, 11) is 1.69. The maximum atomic E-state index is 5.16. The number of nitrogens with one attached hydrogen (secondary N) is 1. The number of rotatable bonds is 5. The van der Waals surface area contributed by atoms with Gasteiger partial charge in [0.25, 0.3) is 0 Å². The molecule has 0 unspecified atom stereocenters. The molecule has 1 N–H and O–H groups in total. The van der Waals surface area contributed by atoms with E-state index >= 15 is 0 Å². The van der Waals surface area contributed by atoms with Gasteiger partial charge in [-0.2, -0.15) is 5.10 Å². The molecule has 0 radical (unpaired) electrons. The van der Waals surface area contributed by atoms with Crippen LogP contribution in [0.3, 0.4) is 0 Å². The molecule has 3 rings (SSSR count). The predicted molar refractivity (Wildman–Crippen MR) is 91.1 cm³/mol. The van der Waals surface area contributed by atoms with Crippen LogP contribution >= 0.6 is 0 Å². The Morgan fingerprint density at radius 1 is 1.26 bits per heavy atom. The first-order valence-electron chi connectivity index (χ1n) is 7.62. The number of ether oxygens (including phenoxy) is 1. The van der Waals surface area contributed by atoms with Crippen LogP contribution in [0.25, 0.3) is 16.7 Å². The zero-order valence-electron chi connectivity index (χ0n) is 13.9. The summed E-state index contributed by atoms with van der Waals surface area (Å²) < 4.78 is 7.02. The summed E-state index contributed by atoms with van der Waals surface area (Å²) in [5.41, 5.74) is 4.21. The molecule has 2 aromatic heterocycles. The van der Waals surface area contributed by atoms with Crippen LogP contribution in [0.15, 0.2) is 30.7 Å². The second-order valence-electron chi connectivity index (χ2n) is 5.81. The molecule has 0 fully saturated rings. The first kappa shape index (κ1) is 15.4. The number of hydrogen-bond donors (Lipinski definition) is 1. The van der Waals surface area contributed by atoms with Gasteiger partial charge in [-0.15, -0.1) is 0 Å². The predicted octanol–water partition coefficient (Wildman–Crippen LogP) is 2.88. The number of aromatic nitrogens is 4. The van der Waals surface area contributed by atoms with Crippen LogP contribution in [0, 0.1) is 13.8 Å². The van der Waals surface area contributed by atoms with E-state index < -0.39 is 0 Å². The molecule has 6 heteroatoms. The van der Waals surface area contributed by atoms with Crippen molar-refractivity contribution in [2.45, 2.75) is 26.8 Å². The third-order valence-electron chi connectivity index (χ3n) is 3.75. The minimum absolute atomic E-state index is 0.155. The summed E-state index contributed by atoms with van der Waals surface area (Å²) in [6.45, 7) is 6.82. The quantitative estimate of drug-likeness (QED) is 0.785. The van der Waals surface area contributed by atoms with Gasteiger partial charge in [0, 0.05) is 13.2 Å². The zero-order valence-corrected chi connectivity index (χ0v) is 13.9. The van der Waals surface area contributed by atoms with Crippen molar-refractivity contribution in [3.8, 4) is 5.69 Å². The third-order valence-corrected chi connectivity index (χ3v) is 3.75. The molecule has 1 atom stereocenters. The average molecular weight is 311 g/mol. The molecule has 0 saturated carbocycles. The van der Waals surface area contributed by atoms with Crippen LogP contribution in [0.4, 0.5) is 5.82 Å². The first-order valence-corrected chi connectivity index (χ1v) is 7.62. The fraction of sp³-hybridized carbons (Fsp3) is 0.353. The lowest BCUT2D eigenvalue weighted by molar-refractivity contribution is 0.190. The monoisotopic (exact) mass is 311 g/mol. The Bertz CT molecular complexity index is 827. The van der Waals surface area contributed by atoms with Gasteiger partial charge in [0.05, 0.1) is 23.9 Å². The van der Waals surface area contributed by atoms with E-state index in [4.69, 9.17) is 4.74 Å². The van der Waals surface area contributed by atoms with E-state index in [1.807, 2.05) is 11.6 Å². The number of aryl methyl sites for hydroxylation is 2. The van der Waals surface area contributed by atoms with Gasteiger partial charge in [-0.25, -0.2) is 14.6 Å². The van der Waals surface area contributed by atoms with E-state index in [-0.39, 0.29) is 6.04 Å². The molecule has 3 aromatic rings. The van der Waals surface area contributed by atoms with Gasteiger partial charge >= 0.3 is 0 Å². The molecular weight excluding hydrogens is 290 g/mol. The van der Waals surface area contributed by atoms with E-state index in [2.05, 4.69) is 52.4 Å². The summed E-state index contributed by atoms with van der Waals surface area (Å²) in [4.78, 5) is 8.75. The summed E-state index contributed by atoms with van der Waals surface area (Å²) in [5.74, 6) is 0.774. The number of benzene rings is 1. The van der Waals surface area contributed by atoms with Crippen molar-refractivity contribution in [1.82, 2.24) is 19.7 Å². The SMILES string of the molecule is COC[C@H](C)Nc1ncnc2c1cnn2-c1ccc(C)cc1C. The zero-order chi connectivity index (χ0) is 16.4. The molecular formula is C17H21N5O. The Labute approximate surface area is 135 Å². The number of fused-ring (bicyclic) bond motifs is 1. The molecule has 2 heterocycles. The van der Waals surface area contributed by atoms with E-state index in [0.29, 0.717) is 6.61 Å². The molecule has 0 saturated heterocycles. The van der Waals surface area contributed by atoms with Crippen LogP contribution in [0.1, 0.15) is 18.1 Å². The van der Waals surface area contributed by atoms with Gasteiger partial charge in [0.2, 0.25) is 0 Å². The minimum atomic E-state index is 0.155. The summed E-state index contributed by atoms with van der Waals surface area (Å²) >= 11 is 0. The lowest BCUT2D eigenvalue weighted by atomic mass is 10.1. The maximum absolute atomic E-state index is 5.16. The number of anilines is 1. The summed E-state index contributed by atoms with van der Waals surface area (Å²) in [5, 5.41) is 8.76. The molecule has 6 nitrogen and oxygen atoms in total. The van der Waals surface area contributed by atoms with Crippen LogP contribution in [-0.2, 0) is 4.74 Å². The molecule has 120 valence electrons. The van der Waals surface area contributed by atoms with Crippen LogP contribution in [0.5, 0.6) is 0 Å². The molecule has 0 aliphatic rings. The standard InChI is InChI=1S/C17H21N5O/c1-11-5-6-15(12(2)7-11)22-17-14(8-20-22)16(18-10-19-17)21-13(3)9-23-4/h5-8,10,13H,9H2,1-4H3,(H,18,19,21)/t13-/m0/s1. The average Bonchev–Trinajstić information content (AvgIpc) is 2.92. The molecule has 23 heavy (non-hydrogen) atoms. The second kappa shape index (κ2) is 6.34. The topological polar surface area (TPSA) is 64.9 Å². The van der Waals surface area contributed by atoms with Crippen molar-refractivity contribution in [2.75, 3.05) is 19.0 Å². The summed E-state index contributed by atoms with van der Waals surface area (Å²) in [6.07, 6.45) is 3.36. The van der Waals surface area contributed by atoms with Gasteiger partial charge in [0.1, 0.15) is 12.1 Å². The van der Waals surface area contributed by atoms with Crippen LogP contribution < -0.4 is 5.32 Å². The van der Waals surface area contributed by atoms with E-state index in [0.717, 1.165) is 28.1 Å². The van der Waals surface area contributed by atoms with Crippen LogP contribution in [0.2, 0.25) is 0 Å². The van der Waals surface area contributed by atoms with Crippen molar-refractivity contribution in [3.63, 3.8) is 0 Å². The van der Waals surface area contributed by atoms with Crippen molar-refractivity contribution < 1.29 is 4.74 Å². The van der Waals surface area contributed by atoms with Gasteiger partial charge in [-0.05, 0) is 32.4 Å². The highest BCUT2D eigenvalue weighted by molar-refractivity contribution is 5.87. The normalized spacial score (nSPS) is 12.5. The molecule has 0 aliphatic carbocycles. The highest BCUT2D eigenvalue weighted by Crippen LogP contribution is 2.24. The van der Waals surface area contributed by atoms with E-state index in [9.17, 15) is 0 Å². The van der Waals surface area contributed by atoms with Crippen molar-refractivity contribution in [3.05, 3.63) is 41.9 Å². The van der Waals surface area contributed by atoms with E-state index in [1.54, 1.807) is 19.6 Å². The molecule has 0 bridgehead atoms. The molecule has 0 aliphatic heterocycles. The van der Waals surface area contributed by atoms with Crippen molar-refractivity contribution in [1.29, 1.82) is 0 Å². The van der Waals surface area contributed by atoms with Gasteiger partial charge in [-0.3, -0.25) is 0 Å². The first-order chi connectivity index (χ1) is 11.1. The summed E-state index contributed by atoms with van der Waals surface area (Å²) in [6, 6.07) is 6.45. The van der Waals surface area contributed by atoms with Crippen molar-refractivity contribution >= 4 is 16.9 Å². The Morgan fingerprint density at radius 3 is 2.83 bits per heavy atom. The number of methoxy groups -OCH3 is 1. The smallest absolute Gasteiger partial charge is 0.168 e. The Balaban J connectivity index is 2.04. The molecule has 0 amide bonds. The third kappa shape index (κ3) is 3.03. The number of nitrogens with zero attached hydrogens (tertiary/aromatic N) is 4. The Kier molecular flexibility index (Phi) is 4.25. The molecule has 1 aromatic carbocycles. The van der Waals surface area contributed by atoms with Gasteiger partial charge < -0.3 is 10.1 Å². The maximum Gasteiger partial charge on any atom is 0.168 e. The lowest BCUT2D eigenvalue weighted by Gasteiger charge is -2.13. The van der Waals surface area contributed by atoms with Crippen molar-refractivity contribution in [2.24, 2.45) is 0 Å². The highest BCUT2D eigenvalue weighted by Gasteiger charge is 2.13. The highest BCUT2D eigenvalue weighted by atomic mass is 16.5. The lowest BCUT2D eigenvalue weighted by Crippen LogP contribution is -2.21. The number of hydrogen-bond acceptors (Lipinski definition) is 5. The van der Waals surface area contributed by atoms with Crippen LogP contribution in [-0.4, -0.2) is 39.5 Å². The fourth-order valence-corrected chi connectivity index (χ4v) is 2.70. The van der Waals surface area contributed by atoms with Gasteiger partial charge in [0.15, 0.2) is 5.65 Å². The minimum Gasteiger partial charge on any atom is -0.383 e. The Hall–Kier alpha value is -2.47. The van der Waals surface area contributed by atoms with E-state index in [1.165, 1.54) is 5.56 Å². The Morgan fingerprint density at radius 2 is 2.09 bits per heavy atom. The molecule has 0 spiro atoms.